The number of hydrogen-bond donors (Lipinski definition) is 1. The van der Waals surface area contributed by atoms with E-state index in [4.69, 9.17) is 16.3 Å². The van der Waals surface area contributed by atoms with Gasteiger partial charge in [-0.05, 0) is 49.9 Å². The summed E-state index contributed by atoms with van der Waals surface area (Å²) in [5.74, 6) is -0.209. The van der Waals surface area contributed by atoms with E-state index in [1.807, 2.05) is 49.4 Å². The van der Waals surface area contributed by atoms with Crippen LogP contribution in [0.2, 0.25) is 5.02 Å². The van der Waals surface area contributed by atoms with E-state index in [2.05, 4.69) is 5.32 Å². The van der Waals surface area contributed by atoms with E-state index >= 15 is 0 Å². The Morgan fingerprint density at radius 2 is 1.77 bits per heavy atom. The molecule has 2 aromatic rings. The van der Waals surface area contributed by atoms with Crippen molar-refractivity contribution in [3.05, 3.63) is 70.7 Å². The molecule has 0 saturated heterocycles. The predicted molar refractivity (Wildman–Crippen MR) is 120 cm³/mol. The zero-order valence-corrected chi connectivity index (χ0v) is 18.5. The van der Waals surface area contributed by atoms with Crippen LogP contribution in [0, 0.1) is 0 Å². The molecule has 0 radical (unpaired) electrons. The number of nitrogens with one attached hydrogen (secondary N) is 1. The van der Waals surface area contributed by atoms with Crippen LogP contribution in [0.3, 0.4) is 0 Å². The topological polar surface area (TPSA) is 58.6 Å². The number of halogens is 1. The van der Waals surface area contributed by atoms with Gasteiger partial charge >= 0.3 is 0 Å². The number of nitrogens with zero attached hydrogens (tertiary/aromatic N) is 1. The maximum atomic E-state index is 13.0. The Bertz CT molecular complexity index is 781. The maximum Gasteiger partial charge on any atom is 0.242 e. The quantitative estimate of drug-likeness (QED) is 0.512. The van der Waals surface area contributed by atoms with Gasteiger partial charge < -0.3 is 15.0 Å². The average molecular weight is 431 g/mol. The third-order valence-corrected chi connectivity index (χ3v) is 5.12. The lowest BCUT2D eigenvalue weighted by Crippen LogP contribution is -2.48. The van der Waals surface area contributed by atoms with Crippen molar-refractivity contribution < 1.29 is 14.3 Å². The van der Waals surface area contributed by atoms with Crippen LogP contribution in [0.1, 0.15) is 37.8 Å². The highest BCUT2D eigenvalue weighted by Crippen LogP contribution is 2.15. The molecule has 0 aromatic heterocycles. The highest BCUT2D eigenvalue weighted by molar-refractivity contribution is 6.30. The Kier molecular flexibility index (Phi) is 10.4. The minimum atomic E-state index is -0.573. The largest absolute Gasteiger partial charge is 0.382 e. The fraction of sp³-hybridized carbons (Fsp3) is 0.417. The summed E-state index contributed by atoms with van der Waals surface area (Å²) in [6.07, 6.45) is 1.73. The highest BCUT2D eigenvalue weighted by atomic mass is 35.5. The molecule has 0 heterocycles. The van der Waals surface area contributed by atoms with Crippen LogP contribution < -0.4 is 5.32 Å². The number of aryl methyl sites for hydroxylation is 1. The zero-order valence-electron chi connectivity index (χ0n) is 17.8. The molecule has 0 bridgehead atoms. The van der Waals surface area contributed by atoms with Crippen LogP contribution in [-0.4, -0.2) is 42.5 Å². The van der Waals surface area contributed by atoms with Crippen molar-refractivity contribution in [2.75, 3.05) is 19.8 Å². The summed E-state index contributed by atoms with van der Waals surface area (Å²) >= 11 is 5.98. The van der Waals surface area contributed by atoms with Crippen molar-refractivity contribution in [1.82, 2.24) is 10.2 Å². The van der Waals surface area contributed by atoms with Gasteiger partial charge in [-0.3, -0.25) is 9.59 Å². The number of rotatable bonds is 12. The number of amides is 2. The number of hydrogen-bond acceptors (Lipinski definition) is 3. The van der Waals surface area contributed by atoms with Gasteiger partial charge in [-0.2, -0.15) is 0 Å². The van der Waals surface area contributed by atoms with Crippen LogP contribution in [0.5, 0.6) is 0 Å². The van der Waals surface area contributed by atoms with Gasteiger partial charge in [-0.15, -0.1) is 0 Å². The summed E-state index contributed by atoms with van der Waals surface area (Å²) in [5.41, 5.74) is 2.04. The van der Waals surface area contributed by atoms with Crippen molar-refractivity contribution in [2.24, 2.45) is 0 Å². The summed E-state index contributed by atoms with van der Waals surface area (Å²) in [4.78, 5) is 27.4. The molecule has 0 saturated carbocycles. The Balaban J connectivity index is 2.02. The molecule has 0 aliphatic heterocycles. The van der Waals surface area contributed by atoms with Gasteiger partial charge in [0.15, 0.2) is 0 Å². The van der Waals surface area contributed by atoms with Crippen LogP contribution in [-0.2, 0) is 27.3 Å². The van der Waals surface area contributed by atoms with Gasteiger partial charge in [-0.25, -0.2) is 0 Å². The Hall–Kier alpha value is -2.37. The number of benzene rings is 2. The fourth-order valence-electron chi connectivity index (χ4n) is 3.09. The van der Waals surface area contributed by atoms with E-state index in [1.54, 1.807) is 24.0 Å². The lowest BCUT2D eigenvalue weighted by Gasteiger charge is -2.29. The van der Waals surface area contributed by atoms with Gasteiger partial charge in [0.1, 0.15) is 6.04 Å². The van der Waals surface area contributed by atoms with E-state index in [-0.39, 0.29) is 11.8 Å². The SMILES string of the molecule is CCOCCCNC(=O)[C@H](C)N(Cc1ccc(Cl)cc1)C(=O)CCc1ccccc1. The van der Waals surface area contributed by atoms with E-state index in [9.17, 15) is 9.59 Å². The summed E-state index contributed by atoms with van der Waals surface area (Å²) < 4.78 is 5.30. The monoisotopic (exact) mass is 430 g/mol. The number of carbonyl (C=O) groups excluding carboxylic acids is 2. The molecule has 2 rings (SSSR count). The Morgan fingerprint density at radius 3 is 2.43 bits per heavy atom. The summed E-state index contributed by atoms with van der Waals surface area (Å²) in [6, 6.07) is 16.7. The molecule has 0 spiro atoms. The van der Waals surface area contributed by atoms with Gasteiger partial charge in [0, 0.05) is 37.7 Å². The molecule has 6 heteroatoms. The first-order valence-electron chi connectivity index (χ1n) is 10.4. The molecule has 2 aromatic carbocycles. The molecule has 30 heavy (non-hydrogen) atoms. The van der Waals surface area contributed by atoms with Gasteiger partial charge in [0.2, 0.25) is 11.8 Å². The third-order valence-electron chi connectivity index (χ3n) is 4.87. The molecule has 1 atom stereocenters. The minimum absolute atomic E-state index is 0.0502. The van der Waals surface area contributed by atoms with Crippen molar-refractivity contribution in [3.8, 4) is 0 Å². The summed E-state index contributed by atoms with van der Waals surface area (Å²) in [6.45, 7) is 5.86. The molecule has 0 fully saturated rings. The van der Waals surface area contributed by atoms with Crippen LogP contribution in [0.25, 0.3) is 0 Å². The molecule has 0 aliphatic rings. The van der Waals surface area contributed by atoms with Crippen molar-refractivity contribution >= 4 is 23.4 Å². The third kappa shape index (κ3) is 8.17. The average Bonchev–Trinajstić information content (AvgIpc) is 2.77. The molecular weight excluding hydrogens is 400 g/mol. The lowest BCUT2D eigenvalue weighted by molar-refractivity contribution is -0.140. The maximum absolute atomic E-state index is 13.0. The molecule has 5 nitrogen and oxygen atoms in total. The predicted octanol–water partition coefficient (Wildman–Crippen LogP) is 4.23. The van der Waals surface area contributed by atoms with E-state index in [1.165, 1.54) is 0 Å². The first-order valence-corrected chi connectivity index (χ1v) is 10.8. The lowest BCUT2D eigenvalue weighted by atomic mass is 10.1. The van der Waals surface area contributed by atoms with E-state index in [0.717, 1.165) is 17.5 Å². The second kappa shape index (κ2) is 13.0. The zero-order chi connectivity index (χ0) is 21.8. The van der Waals surface area contributed by atoms with Crippen LogP contribution >= 0.6 is 11.6 Å². The Morgan fingerprint density at radius 1 is 1.07 bits per heavy atom. The first-order chi connectivity index (χ1) is 14.5. The normalized spacial score (nSPS) is 11.7. The van der Waals surface area contributed by atoms with Gasteiger partial charge in [0.25, 0.3) is 0 Å². The van der Waals surface area contributed by atoms with Crippen molar-refractivity contribution in [1.29, 1.82) is 0 Å². The van der Waals surface area contributed by atoms with Gasteiger partial charge in [-0.1, -0.05) is 54.1 Å². The van der Waals surface area contributed by atoms with Crippen molar-refractivity contribution in [2.45, 2.75) is 45.7 Å². The summed E-state index contributed by atoms with van der Waals surface area (Å²) in [7, 11) is 0. The number of ether oxygens (including phenoxy) is 1. The number of carbonyl (C=O) groups is 2. The smallest absolute Gasteiger partial charge is 0.242 e. The second-order valence-electron chi connectivity index (χ2n) is 7.15. The molecule has 0 unspecified atom stereocenters. The fourth-order valence-corrected chi connectivity index (χ4v) is 3.21. The van der Waals surface area contributed by atoms with Crippen LogP contribution in [0.15, 0.2) is 54.6 Å². The van der Waals surface area contributed by atoms with Crippen LogP contribution in [0.4, 0.5) is 0 Å². The molecule has 0 aliphatic carbocycles. The highest BCUT2D eigenvalue weighted by Gasteiger charge is 2.25. The summed E-state index contributed by atoms with van der Waals surface area (Å²) in [5, 5.41) is 3.55. The first kappa shape index (κ1) is 23.9. The van der Waals surface area contributed by atoms with E-state index in [0.29, 0.717) is 44.2 Å². The van der Waals surface area contributed by atoms with E-state index < -0.39 is 6.04 Å². The molecule has 1 N–H and O–H groups in total. The standard InChI is InChI=1S/C24H31ClN2O3/c1-3-30-17-7-16-26-24(29)19(2)27(18-21-10-13-22(25)14-11-21)23(28)15-12-20-8-5-4-6-9-20/h4-6,8-11,13-14,19H,3,7,12,15-18H2,1-2H3,(H,26,29)/t19-/m0/s1. The Labute approximate surface area is 184 Å². The molecular formula is C24H31ClN2O3. The minimum Gasteiger partial charge on any atom is -0.382 e. The second-order valence-corrected chi connectivity index (χ2v) is 7.59. The molecule has 2 amide bonds. The molecule has 162 valence electrons. The van der Waals surface area contributed by atoms with Gasteiger partial charge in [0.05, 0.1) is 0 Å². The van der Waals surface area contributed by atoms with Crippen molar-refractivity contribution in [3.63, 3.8) is 0 Å².